The summed E-state index contributed by atoms with van der Waals surface area (Å²) in [4.78, 5) is 72.2. The standard InChI is InChI=1S/C49H72O15/c1-15-16-17-18-22-30-35(51)57-37-36(58-42(55)63-46(12,13)14)47(31-24-29-34(50)32(2)25-23-28-33-26-20-19-21-27-33)59-38(39(52)60-43(3,4)5)48(56,40(53)61-44(6,7)8)49(37,64-47)41(54)62-45(9,10)11/h19-21,23,26-28,32,34,36-38,50,56H,15-18,22,25,30-31H2,1-14H3/b28-23+/t32-,34+,36-,37-,38-,47+,48-,49+/m1/s1. The maximum absolute atomic E-state index is 15.2. The largest absolute Gasteiger partial charge is 0.509 e. The van der Waals surface area contributed by atoms with Crippen molar-refractivity contribution < 1.29 is 72.1 Å². The third-order valence-electron chi connectivity index (χ3n) is 9.84. The van der Waals surface area contributed by atoms with Crippen molar-refractivity contribution >= 4 is 36.1 Å². The Morgan fingerprint density at radius 1 is 0.766 bits per heavy atom. The van der Waals surface area contributed by atoms with Crippen molar-refractivity contribution in [2.75, 3.05) is 0 Å². The van der Waals surface area contributed by atoms with Crippen molar-refractivity contribution in [1.82, 2.24) is 0 Å². The van der Waals surface area contributed by atoms with Gasteiger partial charge in [-0.25, -0.2) is 19.2 Å². The highest BCUT2D eigenvalue weighted by molar-refractivity contribution is 6.00. The van der Waals surface area contributed by atoms with Crippen LogP contribution in [0.2, 0.25) is 0 Å². The molecule has 0 radical (unpaired) electrons. The van der Waals surface area contributed by atoms with Crippen LogP contribution in [0, 0.1) is 17.8 Å². The number of rotatable bonds is 16. The number of benzene rings is 1. The van der Waals surface area contributed by atoms with Gasteiger partial charge in [0.2, 0.25) is 23.6 Å². The Bertz CT molecular complexity index is 1870. The van der Waals surface area contributed by atoms with E-state index in [1.165, 1.54) is 62.3 Å². The molecule has 8 atom stereocenters. The molecule has 3 rings (SSSR count). The van der Waals surface area contributed by atoms with Gasteiger partial charge in [0.1, 0.15) is 28.5 Å². The van der Waals surface area contributed by atoms with Gasteiger partial charge >= 0.3 is 30.0 Å². The molecule has 15 heteroatoms. The summed E-state index contributed by atoms with van der Waals surface area (Å²) in [5.74, 6) is -2.94. The summed E-state index contributed by atoms with van der Waals surface area (Å²) in [6.07, 6.45) is -2.58. The highest BCUT2D eigenvalue weighted by Crippen LogP contribution is 2.57. The first-order valence-corrected chi connectivity index (χ1v) is 22.2. The quantitative estimate of drug-likeness (QED) is 0.0708. The molecule has 15 nitrogen and oxygen atoms in total. The van der Waals surface area contributed by atoms with Gasteiger partial charge in [-0.15, -0.1) is 0 Å². The van der Waals surface area contributed by atoms with Crippen molar-refractivity contribution in [2.45, 2.75) is 212 Å². The number of hydrogen-bond acceptors (Lipinski definition) is 15. The number of aliphatic hydroxyl groups is 2. The van der Waals surface area contributed by atoms with Crippen molar-refractivity contribution in [1.29, 1.82) is 0 Å². The minimum atomic E-state index is -3.58. The van der Waals surface area contributed by atoms with Crippen LogP contribution in [0.1, 0.15) is 154 Å². The van der Waals surface area contributed by atoms with Crippen molar-refractivity contribution in [2.24, 2.45) is 5.92 Å². The lowest BCUT2D eigenvalue weighted by atomic mass is 9.74. The lowest BCUT2D eigenvalue weighted by Crippen LogP contribution is -2.79. The molecule has 0 unspecified atom stereocenters. The predicted octanol–water partition coefficient (Wildman–Crippen LogP) is 7.69. The van der Waals surface area contributed by atoms with Crippen LogP contribution < -0.4 is 0 Å². The third-order valence-corrected chi connectivity index (χ3v) is 9.84. The molecule has 1 aromatic carbocycles. The van der Waals surface area contributed by atoms with Gasteiger partial charge in [-0.1, -0.05) is 93.9 Å². The minimum absolute atomic E-state index is 0.208. The van der Waals surface area contributed by atoms with E-state index in [0.717, 1.165) is 24.8 Å². The van der Waals surface area contributed by atoms with Gasteiger partial charge < -0.3 is 48.1 Å². The average Bonchev–Trinajstić information content (AvgIpc) is 3.36. The Balaban J connectivity index is 2.40. The molecule has 2 fully saturated rings. The van der Waals surface area contributed by atoms with E-state index < -0.39 is 106 Å². The SMILES string of the molecule is CCCCCCCC(=O)O[C@@H]1[C@@H](OC(=O)OC(C)(C)C)[C@@]2(CC#C[C@H](O)[C@H](C)C/C=C/c3ccccc3)O[C@H](C(=O)OC(C)(C)C)[C@@](O)(C(=O)OC(C)(C)C)[C@]1(C(=O)OC(C)(C)C)O2. The number of fused-ring (bicyclic) bond motifs is 2. The topological polar surface area (TPSA) is 200 Å². The molecule has 0 saturated carbocycles. The molecule has 0 aromatic heterocycles. The van der Waals surface area contributed by atoms with Crippen LogP contribution in [0.15, 0.2) is 36.4 Å². The second-order valence-electron chi connectivity index (χ2n) is 20.5. The van der Waals surface area contributed by atoms with Gasteiger partial charge in [-0.3, -0.25) is 4.79 Å². The number of ether oxygens (including phenoxy) is 8. The molecule has 2 heterocycles. The second kappa shape index (κ2) is 21.2. The molecule has 2 aliphatic rings. The summed E-state index contributed by atoms with van der Waals surface area (Å²) < 4.78 is 47.8. The van der Waals surface area contributed by atoms with E-state index >= 15 is 4.79 Å². The van der Waals surface area contributed by atoms with E-state index in [-0.39, 0.29) is 6.42 Å². The summed E-state index contributed by atoms with van der Waals surface area (Å²) in [6, 6.07) is 9.57. The van der Waals surface area contributed by atoms with Crippen molar-refractivity contribution in [3.05, 3.63) is 42.0 Å². The van der Waals surface area contributed by atoms with E-state index in [1.54, 1.807) is 27.7 Å². The summed E-state index contributed by atoms with van der Waals surface area (Å²) in [5, 5.41) is 24.5. The Kier molecular flexibility index (Phi) is 17.8. The van der Waals surface area contributed by atoms with Crippen LogP contribution in [-0.2, 0) is 57.1 Å². The molecular formula is C49H72O15. The molecule has 2 N–H and O–H groups in total. The molecule has 2 aliphatic heterocycles. The zero-order valence-electron chi connectivity index (χ0n) is 40.3. The number of esters is 4. The Hall–Kier alpha value is -4.49. The van der Waals surface area contributed by atoms with E-state index in [9.17, 15) is 29.4 Å². The fraction of sp³-hybridized carbons (Fsp3) is 0.694. The van der Waals surface area contributed by atoms with E-state index in [1.807, 2.05) is 49.4 Å². The molecule has 0 aliphatic carbocycles. The Morgan fingerprint density at radius 3 is 1.89 bits per heavy atom. The molecule has 0 spiro atoms. The van der Waals surface area contributed by atoms with E-state index in [0.29, 0.717) is 19.3 Å². The maximum Gasteiger partial charge on any atom is 0.509 e. The molecule has 2 saturated heterocycles. The number of carbonyl (C=O) groups is 5. The summed E-state index contributed by atoms with van der Waals surface area (Å²) in [5.41, 5.74) is -11.1. The maximum atomic E-state index is 15.2. The normalized spacial score (nSPS) is 25.6. The number of aliphatic hydroxyl groups excluding tert-OH is 1. The van der Waals surface area contributed by atoms with Gasteiger partial charge in [0.15, 0.2) is 6.10 Å². The molecule has 358 valence electrons. The summed E-state index contributed by atoms with van der Waals surface area (Å²) >= 11 is 0. The Labute approximate surface area is 379 Å². The smallest absolute Gasteiger partial charge is 0.458 e. The van der Waals surface area contributed by atoms with Crippen molar-refractivity contribution in [3.8, 4) is 11.8 Å². The lowest BCUT2D eigenvalue weighted by Gasteiger charge is -2.50. The highest BCUT2D eigenvalue weighted by atomic mass is 16.8. The third kappa shape index (κ3) is 14.3. The summed E-state index contributed by atoms with van der Waals surface area (Å²) in [6.45, 7) is 22.0. The zero-order valence-corrected chi connectivity index (χ0v) is 40.3. The first-order valence-electron chi connectivity index (χ1n) is 22.2. The fourth-order valence-corrected chi connectivity index (χ4v) is 7.01. The number of hydrogen-bond donors (Lipinski definition) is 2. The van der Waals surface area contributed by atoms with Gasteiger partial charge in [0, 0.05) is 6.42 Å². The van der Waals surface area contributed by atoms with Crippen molar-refractivity contribution in [3.63, 3.8) is 0 Å². The van der Waals surface area contributed by atoms with Gasteiger partial charge in [-0.2, -0.15) is 0 Å². The van der Waals surface area contributed by atoms with Crippen LogP contribution in [0.4, 0.5) is 4.79 Å². The number of carbonyl (C=O) groups excluding carboxylic acids is 5. The molecule has 0 amide bonds. The molecule has 1 aromatic rings. The zero-order chi connectivity index (χ0) is 48.5. The van der Waals surface area contributed by atoms with Gasteiger partial charge in [0.25, 0.3) is 5.60 Å². The summed E-state index contributed by atoms with van der Waals surface area (Å²) in [7, 11) is 0. The van der Waals surface area contributed by atoms with E-state index in [2.05, 4.69) is 11.8 Å². The number of unbranched alkanes of at least 4 members (excludes halogenated alkanes) is 4. The van der Waals surface area contributed by atoms with Gasteiger partial charge in [-0.05, 0) is 107 Å². The van der Waals surface area contributed by atoms with E-state index in [4.69, 9.17) is 37.9 Å². The fourth-order valence-electron chi connectivity index (χ4n) is 7.01. The van der Waals surface area contributed by atoms with Gasteiger partial charge in [0.05, 0.1) is 6.42 Å². The molecule has 64 heavy (non-hydrogen) atoms. The first-order chi connectivity index (χ1) is 29.4. The first kappa shape index (κ1) is 53.8. The molecule has 2 bridgehead atoms. The van der Waals surface area contributed by atoms with Crippen LogP contribution in [0.3, 0.4) is 0 Å². The number of allylic oxidation sites excluding steroid dienone is 1. The second-order valence-corrected chi connectivity index (χ2v) is 20.5. The predicted molar refractivity (Wildman–Crippen MR) is 236 cm³/mol. The highest BCUT2D eigenvalue weighted by Gasteiger charge is 2.88. The lowest BCUT2D eigenvalue weighted by molar-refractivity contribution is -0.375. The van der Waals surface area contributed by atoms with Crippen LogP contribution in [0.5, 0.6) is 0 Å². The minimum Gasteiger partial charge on any atom is -0.458 e. The van der Waals surface area contributed by atoms with Crippen LogP contribution in [0.25, 0.3) is 6.08 Å². The van der Waals surface area contributed by atoms with Crippen LogP contribution >= 0.6 is 0 Å². The molecular weight excluding hydrogens is 829 g/mol. The average molecular weight is 901 g/mol. The van der Waals surface area contributed by atoms with Crippen LogP contribution in [-0.4, -0.2) is 104 Å². The Morgan fingerprint density at radius 2 is 1.33 bits per heavy atom. The monoisotopic (exact) mass is 900 g/mol.